The van der Waals surface area contributed by atoms with Crippen molar-refractivity contribution in [3.05, 3.63) is 29.3 Å². The van der Waals surface area contributed by atoms with Gasteiger partial charge in [-0.1, -0.05) is 19.1 Å². The number of benzene rings is 1. The minimum atomic E-state index is 0.725. The normalized spacial score (nSPS) is 9.81. The molecule has 1 aromatic rings. The molecule has 0 fully saturated rings. The average molecular weight is 217 g/mol. The van der Waals surface area contributed by atoms with Crippen molar-refractivity contribution in [2.75, 3.05) is 25.0 Å². The van der Waals surface area contributed by atoms with Crippen molar-refractivity contribution in [2.24, 2.45) is 0 Å². The summed E-state index contributed by atoms with van der Waals surface area (Å²) in [5, 5.41) is 15.6. The third-order valence-electron chi connectivity index (χ3n) is 2.48. The zero-order valence-electron chi connectivity index (χ0n) is 10.0. The minimum Gasteiger partial charge on any atom is -0.384 e. The standard InChI is InChI=1S/C13H19N3/c1-3-15-8-5-9-16-13-11(2)6-4-7-12(13)10-14/h4,6-7,15-16H,3,5,8-9H2,1-2H3. The molecule has 0 heterocycles. The fourth-order valence-corrected chi connectivity index (χ4v) is 1.60. The first kappa shape index (κ1) is 12.5. The Hall–Kier alpha value is -1.53. The lowest BCUT2D eigenvalue weighted by atomic mass is 10.1. The first-order chi connectivity index (χ1) is 7.79. The number of nitrogens with zero attached hydrogens (tertiary/aromatic N) is 1. The van der Waals surface area contributed by atoms with E-state index in [1.165, 1.54) is 0 Å². The second kappa shape index (κ2) is 6.86. The summed E-state index contributed by atoms with van der Waals surface area (Å²) < 4.78 is 0. The van der Waals surface area contributed by atoms with E-state index in [1.54, 1.807) is 0 Å². The van der Waals surface area contributed by atoms with Crippen LogP contribution in [0.3, 0.4) is 0 Å². The summed E-state index contributed by atoms with van der Waals surface area (Å²) in [6.45, 7) is 7.04. The van der Waals surface area contributed by atoms with Gasteiger partial charge in [-0.2, -0.15) is 5.26 Å². The molecular weight excluding hydrogens is 198 g/mol. The van der Waals surface area contributed by atoms with Gasteiger partial charge in [0.1, 0.15) is 6.07 Å². The molecular formula is C13H19N3. The largest absolute Gasteiger partial charge is 0.384 e. The van der Waals surface area contributed by atoms with Crippen LogP contribution in [0.1, 0.15) is 24.5 Å². The van der Waals surface area contributed by atoms with E-state index < -0.39 is 0 Å². The van der Waals surface area contributed by atoms with E-state index >= 15 is 0 Å². The minimum absolute atomic E-state index is 0.725. The summed E-state index contributed by atoms with van der Waals surface area (Å²) in [5.41, 5.74) is 2.83. The summed E-state index contributed by atoms with van der Waals surface area (Å²) in [6.07, 6.45) is 1.06. The van der Waals surface area contributed by atoms with Crippen LogP contribution in [0.2, 0.25) is 0 Å². The van der Waals surface area contributed by atoms with Crippen molar-refractivity contribution >= 4 is 5.69 Å². The summed E-state index contributed by atoms with van der Waals surface area (Å²) in [7, 11) is 0. The highest BCUT2D eigenvalue weighted by Crippen LogP contribution is 2.19. The monoisotopic (exact) mass is 217 g/mol. The molecule has 0 aromatic heterocycles. The predicted molar refractivity (Wildman–Crippen MR) is 67.5 cm³/mol. The lowest BCUT2D eigenvalue weighted by Crippen LogP contribution is -2.17. The summed E-state index contributed by atoms with van der Waals surface area (Å²) in [4.78, 5) is 0. The van der Waals surface area contributed by atoms with Gasteiger partial charge in [-0.3, -0.25) is 0 Å². The lowest BCUT2D eigenvalue weighted by molar-refractivity contribution is 0.688. The number of nitrogens with one attached hydrogen (secondary N) is 2. The van der Waals surface area contributed by atoms with E-state index in [9.17, 15) is 0 Å². The highest BCUT2D eigenvalue weighted by atomic mass is 14.9. The molecule has 0 spiro atoms. The van der Waals surface area contributed by atoms with Crippen LogP contribution >= 0.6 is 0 Å². The quantitative estimate of drug-likeness (QED) is 0.719. The maximum absolute atomic E-state index is 8.98. The zero-order valence-corrected chi connectivity index (χ0v) is 10.0. The highest BCUT2D eigenvalue weighted by Gasteiger charge is 2.03. The number of nitriles is 1. The van der Waals surface area contributed by atoms with Gasteiger partial charge < -0.3 is 10.6 Å². The molecule has 3 heteroatoms. The molecule has 1 rings (SSSR count). The van der Waals surface area contributed by atoms with Gasteiger partial charge in [0, 0.05) is 6.54 Å². The van der Waals surface area contributed by atoms with Gasteiger partial charge in [-0.25, -0.2) is 0 Å². The molecule has 0 unspecified atom stereocenters. The van der Waals surface area contributed by atoms with E-state index in [0.29, 0.717) is 0 Å². The van der Waals surface area contributed by atoms with E-state index in [-0.39, 0.29) is 0 Å². The Kier molecular flexibility index (Phi) is 5.38. The molecule has 0 aliphatic carbocycles. The number of aryl methyl sites for hydroxylation is 1. The lowest BCUT2D eigenvalue weighted by Gasteiger charge is -2.11. The van der Waals surface area contributed by atoms with Crippen LogP contribution < -0.4 is 10.6 Å². The summed E-state index contributed by atoms with van der Waals surface area (Å²) in [6, 6.07) is 7.99. The number of anilines is 1. The Labute approximate surface area is 97.5 Å². The smallest absolute Gasteiger partial charge is 0.101 e. The number of hydrogen-bond acceptors (Lipinski definition) is 3. The molecule has 0 aliphatic heterocycles. The Morgan fingerprint density at radius 1 is 1.31 bits per heavy atom. The average Bonchev–Trinajstić information content (AvgIpc) is 2.30. The van der Waals surface area contributed by atoms with Gasteiger partial charge >= 0.3 is 0 Å². The number of hydrogen-bond donors (Lipinski definition) is 2. The topological polar surface area (TPSA) is 47.8 Å². The molecule has 86 valence electrons. The maximum atomic E-state index is 8.98. The number of para-hydroxylation sites is 1. The van der Waals surface area contributed by atoms with Crippen molar-refractivity contribution < 1.29 is 0 Å². The SMILES string of the molecule is CCNCCCNc1c(C)cccc1C#N. The summed E-state index contributed by atoms with van der Waals surface area (Å²) >= 11 is 0. The Balaban J connectivity index is 2.50. The predicted octanol–water partition coefficient (Wildman–Crippen LogP) is 2.28. The van der Waals surface area contributed by atoms with Crippen LogP contribution in [0.15, 0.2) is 18.2 Å². The molecule has 0 saturated carbocycles. The van der Waals surface area contributed by atoms with Gasteiger partial charge in [0.25, 0.3) is 0 Å². The second-order valence-corrected chi connectivity index (χ2v) is 3.74. The van der Waals surface area contributed by atoms with Gasteiger partial charge in [0.15, 0.2) is 0 Å². The van der Waals surface area contributed by atoms with Crippen molar-refractivity contribution in [3.63, 3.8) is 0 Å². The fraction of sp³-hybridized carbons (Fsp3) is 0.462. The van der Waals surface area contributed by atoms with E-state index in [2.05, 4.69) is 23.6 Å². The zero-order chi connectivity index (χ0) is 11.8. The third-order valence-corrected chi connectivity index (χ3v) is 2.48. The van der Waals surface area contributed by atoms with Crippen LogP contribution in [0.5, 0.6) is 0 Å². The highest BCUT2D eigenvalue weighted by molar-refractivity contribution is 5.62. The molecule has 16 heavy (non-hydrogen) atoms. The van der Waals surface area contributed by atoms with Gasteiger partial charge in [-0.15, -0.1) is 0 Å². The van der Waals surface area contributed by atoms with Gasteiger partial charge in [-0.05, 0) is 38.1 Å². The Morgan fingerprint density at radius 2 is 2.12 bits per heavy atom. The Bertz CT molecular complexity index is 366. The van der Waals surface area contributed by atoms with E-state index in [1.807, 2.05) is 25.1 Å². The van der Waals surface area contributed by atoms with Gasteiger partial charge in [0.05, 0.1) is 11.3 Å². The first-order valence-corrected chi connectivity index (χ1v) is 5.74. The molecule has 2 N–H and O–H groups in total. The molecule has 1 aromatic carbocycles. The van der Waals surface area contributed by atoms with Crippen molar-refractivity contribution in [1.82, 2.24) is 5.32 Å². The van der Waals surface area contributed by atoms with Crippen molar-refractivity contribution in [3.8, 4) is 6.07 Å². The van der Waals surface area contributed by atoms with Crippen molar-refractivity contribution in [2.45, 2.75) is 20.3 Å². The van der Waals surface area contributed by atoms with Crippen molar-refractivity contribution in [1.29, 1.82) is 5.26 Å². The van der Waals surface area contributed by atoms with E-state index in [4.69, 9.17) is 5.26 Å². The van der Waals surface area contributed by atoms with Crippen LogP contribution in [-0.4, -0.2) is 19.6 Å². The molecule has 0 radical (unpaired) electrons. The van der Waals surface area contributed by atoms with Crippen LogP contribution in [0.4, 0.5) is 5.69 Å². The molecule has 0 amide bonds. The van der Waals surface area contributed by atoms with Crippen LogP contribution in [0.25, 0.3) is 0 Å². The molecule has 0 bridgehead atoms. The first-order valence-electron chi connectivity index (χ1n) is 5.74. The second-order valence-electron chi connectivity index (χ2n) is 3.74. The molecule has 0 aliphatic rings. The summed E-state index contributed by atoms with van der Waals surface area (Å²) in [5.74, 6) is 0. The third kappa shape index (κ3) is 3.56. The molecule has 0 saturated heterocycles. The molecule has 0 atom stereocenters. The fourth-order valence-electron chi connectivity index (χ4n) is 1.60. The number of rotatable bonds is 6. The Morgan fingerprint density at radius 3 is 2.81 bits per heavy atom. The van der Waals surface area contributed by atoms with Crippen LogP contribution in [-0.2, 0) is 0 Å². The van der Waals surface area contributed by atoms with Crippen LogP contribution in [0, 0.1) is 18.3 Å². The van der Waals surface area contributed by atoms with E-state index in [0.717, 1.165) is 42.9 Å². The van der Waals surface area contributed by atoms with Gasteiger partial charge in [0.2, 0.25) is 0 Å². The molecule has 3 nitrogen and oxygen atoms in total. The maximum Gasteiger partial charge on any atom is 0.101 e.